The van der Waals surface area contributed by atoms with Crippen LogP contribution in [0.5, 0.6) is 0 Å². The summed E-state index contributed by atoms with van der Waals surface area (Å²) in [5.41, 5.74) is 0. The minimum absolute atomic E-state index is 0. The number of hydrogen-bond donors (Lipinski definition) is 0. The molecule has 0 aliphatic carbocycles. The Labute approximate surface area is 104 Å². The second-order valence-electron chi connectivity index (χ2n) is 1.82. The quantitative estimate of drug-likeness (QED) is 0.327. The minimum Gasteiger partial charge on any atom is -0.854 e. The van der Waals surface area contributed by atoms with E-state index in [1.165, 1.54) is 0 Å². The standard InChI is InChI=1S/C6H11O3.K/c1-3-9-6(8)5(2)4-7;/h5H,3-4H2,1-2H3;/q-1;+1. The van der Waals surface area contributed by atoms with E-state index in [1.54, 1.807) is 13.8 Å². The molecule has 54 valence electrons. The fourth-order valence-corrected chi connectivity index (χ4v) is 0.353. The summed E-state index contributed by atoms with van der Waals surface area (Å²) in [6.45, 7) is 3.24. The van der Waals surface area contributed by atoms with Gasteiger partial charge in [-0.2, -0.15) is 0 Å². The van der Waals surface area contributed by atoms with Gasteiger partial charge in [0.2, 0.25) is 0 Å². The monoisotopic (exact) mass is 170 g/mol. The van der Waals surface area contributed by atoms with E-state index in [9.17, 15) is 9.90 Å². The third-order valence-electron chi connectivity index (χ3n) is 0.939. The molecule has 0 amide bonds. The Morgan fingerprint density at radius 1 is 1.70 bits per heavy atom. The van der Waals surface area contributed by atoms with Gasteiger partial charge in [0.1, 0.15) is 0 Å². The van der Waals surface area contributed by atoms with Gasteiger partial charge in [0.05, 0.1) is 6.61 Å². The van der Waals surface area contributed by atoms with Crippen LogP contribution in [-0.4, -0.2) is 19.2 Å². The Kier molecular flexibility index (Phi) is 11.1. The SMILES string of the molecule is CCOC(=O)C(C)C[O-].[K+]. The van der Waals surface area contributed by atoms with Crippen LogP contribution >= 0.6 is 0 Å². The zero-order chi connectivity index (χ0) is 7.28. The van der Waals surface area contributed by atoms with Crippen LogP contribution in [0.15, 0.2) is 0 Å². The van der Waals surface area contributed by atoms with E-state index in [1.807, 2.05) is 0 Å². The van der Waals surface area contributed by atoms with Gasteiger partial charge in [0.15, 0.2) is 0 Å². The average Bonchev–Trinajstić information content (AvgIpc) is 1.87. The van der Waals surface area contributed by atoms with Gasteiger partial charge in [-0.1, -0.05) is 6.92 Å². The van der Waals surface area contributed by atoms with Crippen molar-refractivity contribution in [3.63, 3.8) is 0 Å². The molecule has 4 heteroatoms. The van der Waals surface area contributed by atoms with Crippen LogP contribution in [0.3, 0.4) is 0 Å². The van der Waals surface area contributed by atoms with Crippen molar-refractivity contribution >= 4 is 5.97 Å². The third-order valence-corrected chi connectivity index (χ3v) is 0.939. The first-order chi connectivity index (χ1) is 4.22. The van der Waals surface area contributed by atoms with Crippen LogP contribution in [0, 0.1) is 5.92 Å². The molecule has 1 atom stereocenters. The third kappa shape index (κ3) is 5.82. The van der Waals surface area contributed by atoms with Gasteiger partial charge >= 0.3 is 57.4 Å². The second-order valence-corrected chi connectivity index (χ2v) is 1.82. The minimum atomic E-state index is -0.495. The maximum atomic E-state index is 10.6. The normalized spacial score (nSPS) is 11.5. The van der Waals surface area contributed by atoms with Crippen molar-refractivity contribution in [2.24, 2.45) is 5.92 Å². The molecule has 0 aliphatic rings. The average molecular weight is 170 g/mol. The molecule has 0 fully saturated rings. The van der Waals surface area contributed by atoms with E-state index >= 15 is 0 Å². The Morgan fingerprint density at radius 2 is 2.20 bits per heavy atom. The smallest absolute Gasteiger partial charge is 0.854 e. The number of carbonyl (C=O) groups excluding carboxylic acids is 1. The first-order valence-electron chi connectivity index (χ1n) is 2.97. The van der Waals surface area contributed by atoms with Crippen molar-refractivity contribution < 1.29 is 66.0 Å². The Balaban J connectivity index is 0. The Bertz CT molecular complexity index is 95.0. The number of rotatable bonds is 3. The summed E-state index contributed by atoms with van der Waals surface area (Å²) in [5.74, 6) is -0.891. The van der Waals surface area contributed by atoms with Gasteiger partial charge in [-0.05, 0) is 6.92 Å². The molecule has 0 saturated carbocycles. The molecule has 0 aliphatic heterocycles. The van der Waals surface area contributed by atoms with Crippen molar-refractivity contribution in [2.45, 2.75) is 13.8 Å². The number of hydrogen-bond acceptors (Lipinski definition) is 3. The number of carbonyl (C=O) groups is 1. The molecular weight excluding hydrogens is 159 g/mol. The zero-order valence-electron chi connectivity index (χ0n) is 6.72. The summed E-state index contributed by atoms with van der Waals surface area (Å²) in [7, 11) is 0. The Morgan fingerprint density at radius 3 is 2.50 bits per heavy atom. The molecule has 0 aromatic heterocycles. The van der Waals surface area contributed by atoms with Gasteiger partial charge in [0.25, 0.3) is 0 Å². The number of esters is 1. The Hall–Kier alpha value is 1.07. The summed E-state index contributed by atoms with van der Waals surface area (Å²) in [4.78, 5) is 10.6. The molecule has 0 saturated heterocycles. The van der Waals surface area contributed by atoms with Gasteiger partial charge < -0.3 is 9.84 Å². The van der Waals surface area contributed by atoms with Gasteiger partial charge in [-0.15, -0.1) is 6.61 Å². The molecule has 0 radical (unpaired) electrons. The maximum Gasteiger partial charge on any atom is 1.00 e. The van der Waals surface area contributed by atoms with E-state index in [4.69, 9.17) is 0 Å². The molecule has 1 unspecified atom stereocenters. The largest absolute Gasteiger partial charge is 1.00 e. The molecule has 0 spiro atoms. The fourth-order valence-electron chi connectivity index (χ4n) is 0.353. The van der Waals surface area contributed by atoms with E-state index in [0.717, 1.165) is 0 Å². The first-order valence-corrected chi connectivity index (χ1v) is 2.97. The van der Waals surface area contributed by atoms with E-state index in [2.05, 4.69) is 4.74 Å². The first kappa shape index (κ1) is 13.6. The van der Waals surface area contributed by atoms with Crippen LogP contribution in [-0.2, 0) is 9.53 Å². The van der Waals surface area contributed by atoms with E-state index in [-0.39, 0.29) is 51.4 Å². The summed E-state index contributed by atoms with van der Waals surface area (Å²) in [5, 5.41) is 10.0. The molecule has 0 N–H and O–H groups in total. The van der Waals surface area contributed by atoms with E-state index < -0.39 is 18.5 Å². The maximum absolute atomic E-state index is 10.6. The van der Waals surface area contributed by atoms with Crippen molar-refractivity contribution in [3.8, 4) is 0 Å². The van der Waals surface area contributed by atoms with Crippen molar-refractivity contribution in [2.75, 3.05) is 13.2 Å². The summed E-state index contributed by atoms with van der Waals surface area (Å²) in [6, 6.07) is 0. The van der Waals surface area contributed by atoms with Gasteiger partial charge in [0, 0.05) is 5.92 Å². The van der Waals surface area contributed by atoms with Gasteiger partial charge in [-0.3, -0.25) is 4.79 Å². The molecule has 0 bridgehead atoms. The zero-order valence-corrected chi connectivity index (χ0v) is 9.84. The molecule has 0 heterocycles. The van der Waals surface area contributed by atoms with Crippen molar-refractivity contribution in [1.82, 2.24) is 0 Å². The summed E-state index contributed by atoms with van der Waals surface area (Å²) >= 11 is 0. The molecule has 0 aromatic carbocycles. The summed E-state index contributed by atoms with van der Waals surface area (Å²) < 4.78 is 4.56. The molecule has 3 nitrogen and oxygen atoms in total. The van der Waals surface area contributed by atoms with Crippen LogP contribution in [0.2, 0.25) is 0 Å². The topological polar surface area (TPSA) is 49.4 Å². The van der Waals surface area contributed by atoms with Crippen LogP contribution in [0.1, 0.15) is 13.8 Å². The fraction of sp³-hybridized carbons (Fsp3) is 0.833. The van der Waals surface area contributed by atoms with Crippen LogP contribution in [0.4, 0.5) is 0 Å². The van der Waals surface area contributed by atoms with Crippen LogP contribution < -0.4 is 56.5 Å². The predicted octanol–water partition coefficient (Wildman–Crippen LogP) is -3.45. The molecule has 0 aromatic rings. The molecular formula is C6H11KO3. The molecule has 10 heavy (non-hydrogen) atoms. The number of ether oxygens (including phenoxy) is 1. The molecule has 0 rings (SSSR count). The van der Waals surface area contributed by atoms with Gasteiger partial charge in [-0.25, -0.2) is 0 Å². The van der Waals surface area contributed by atoms with E-state index in [0.29, 0.717) is 6.61 Å². The summed E-state index contributed by atoms with van der Waals surface area (Å²) in [6.07, 6.45) is 0. The van der Waals surface area contributed by atoms with Crippen LogP contribution in [0.25, 0.3) is 0 Å². The van der Waals surface area contributed by atoms with Crippen molar-refractivity contribution in [3.05, 3.63) is 0 Å². The second kappa shape index (κ2) is 8.17. The van der Waals surface area contributed by atoms with Crippen molar-refractivity contribution in [1.29, 1.82) is 0 Å². The predicted molar refractivity (Wildman–Crippen MR) is 30.7 cm³/mol.